The second kappa shape index (κ2) is 5.54. The van der Waals surface area contributed by atoms with Gasteiger partial charge in [0.1, 0.15) is 6.04 Å². The number of alkyl halides is 3. The Labute approximate surface area is 130 Å². The fourth-order valence-electron chi connectivity index (χ4n) is 3.39. The average molecular weight is 327 g/mol. The van der Waals surface area contributed by atoms with Crippen molar-refractivity contribution < 1.29 is 27.9 Å². The van der Waals surface area contributed by atoms with Gasteiger partial charge in [-0.25, -0.2) is 4.79 Å². The Morgan fingerprint density at radius 1 is 1.22 bits per heavy atom. The lowest BCUT2D eigenvalue weighted by Crippen LogP contribution is -2.41. The highest BCUT2D eigenvalue weighted by Crippen LogP contribution is 2.52. The molecule has 3 atom stereocenters. The maximum Gasteiger partial charge on any atom is 0.416 e. The highest BCUT2D eigenvalue weighted by Gasteiger charge is 2.51. The number of carboxylic acid groups (broad SMARTS) is 1. The molecule has 1 saturated heterocycles. The number of halogens is 3. The molecule has 1 aromatic carbocycles. The second-order valence-corrected chi connectivity index (χ2v) is 6.06. The molecule has 3 rings (SSSR count). The minimum Gasteiger partial charge on any atom is -0.480 e. The van der Waals surface area contributed by atoms with E-state index >= 15 is 0 Å². The van der Waals surface area contributed by atoms with Gasteiger partial charge in [0.25, 0.3) is 0 Å². The Morgan fingerprint density at radius 2 is 1.91 bits per heavy atom. The van der Waals surface area contributed by atoms with Crippen molar-refractivity contribution in [2.24, 2.45) is 5.92 Å². The molecule has 1 aromatic rings. The predicted molar refractivity (Wildman–Crippen MR) is 74.7 cm³/mol. The monoisotopic (exact) mass is 327 g/mol. The third-order valence-corrected chi connectivity index (χ3v) is 4.59. The van der Waals surface area contributed by atoms with Crippen molar-refractivity contribution in [3.63, 3.8) is 0 Å². The van der Waals surface area contributed by atoms with E-state index < -0.39 is 35.6 Å². The number of amides is 1. The molecule has 1 heterocycles. The van der Waals surface area contributed by atoms with E-state index in [1.165, 1.54) is 23.1 Å². The van der Waals surface area contributed by atoms with Crippen molar-refractivity contribution in [1.29, 1.82) is 0 Å². The molecule has 1 N–H and O–H groups in total. The van der Waals surface area contributed by atoms with E-state index in [1.54, 1.807) is 0 Å². The topological polar surface area (TPSA) is 57.6 Å². The van der Waals surface area contributed by atoms with Crippen LogP contribution in [0.15, 0.2) is 24.3 Å². The molecule has 1 amide bonds. The van der Waals surface area contributed by atoms with Crippen molar-refractivity contribution >= 4 is 11.9 Å². The van der Waals surface area contributed by atoms with Crippen LogP contribution in [-0.4, -0.2) is 34.5 Å². The van der Waals surface area contributed by atoms with E-state index in [4.69, 9.17) is 5.11 Å². The van der Waals surface area contributed by atoms with Gasteiger partial charge >= 0.3 is 12.1 Å². The molecule has 2 aliphatic rings. The Kier molecular flexibility index (Phi) is 3.82. The Morgan fingerprint density at radius 3 is 2.57 bits per heavy atom. The number of benzene rings is 1. The number of carboxylic acids is 1. The molecule has 0 radical (unpaired) electrons. The van der Waals surface area contributed by atoms with Crippen molar-refractivity contribution in [2.75, 3.05) is 6.54 Å². The number of aliphatic carboxylic acids is 1. The van der Waals surface area contributed by atoms with Crippen molar-refractivity contribution in [3.8, 4) is 0 Å². The molecule has 1 aliphatic heterocycles. The highest BCUT2D eigenvalue weighted by atomic mass is 19.4. The molecule has 1 saturated carbocycles. The SMILES string of the molecule is O=C(O)[C@H]1CCCN1C(=O)[C@H]1C[C@H]1c1ccccc1C(F)(F)F. The third kappa shape index (κ3) is 2.92. The minimum atomic E-state index is -4.45. The Hall–Kier alpha value is -2.05. The fourth-order valence-corrected chi connectivity index (χ4v) is 3.39. The normalized spacial score (nSPS) is 27.1. The van der Waals surface area contributed by atoms with Crippen LogP contribution in [0, 0.1) is 5.92 Å². The number of hydrogen-bond donors (Lipinski definition) is 1. The number of rotatable bonds is 3. The van der Waals surface area contributed by atoms with Gasteiger partial charge in [0.05, 0.1) is 5.56 Å². The number of hydrogen-bond acceptors (Lipinski definition) is 2. The summed E-state index contributed by atoms with van der Waals surface area (Å²) in [4.78, 5) is 24.9. The van der Waals surface area contributed by atoms with Gasteiger partial charge in [0.15, 0.2) is 0 Å². The summed E-state index contributed by atoms with van der Waals surface area (Å²) in [5.74, 6) is -2.41. The standard InChI is InChI=1S/C16H16F3NO3/c17-16(18,19)12-5-2-1-4-9(12)10-8-11(10)14(21)20-7-3-6-13(20)15(22)23/h1-2,4-5,10-11,13H,3,6-8H2,(H,22,23)/t10-,11-,13+/m0/s1. The number of carbonyl (C=O) groups excluding carboxylic acids is 1. The summed E-state index contributed by atoms with van der Waals surface area (Å²) >= 11 is 0. The first-order chi connectivity index (χ1) is 10.8. The van der Waals surface area contributed by atoms with Crippen molar-refractivity contribution in [3.05, 3.63) is 35.4 Å². The second-order valence-electron chi connectivity index (χ2n) is 6.06. The number of carbonyl (C=O) groups is 2. The predicted octanol–water partition coefficient (Wildman–Crippen LogP) is 2.88. The molecular weight excluding hydrogens is 311 g/mol. The van der Waals surface area contributed by atoms with Crippen LogP contribution < -0.4 is 0 Å². The molecular formula is C16H16F3NO3. The summed E-state index contributed by atoms with van der Waals surface area (Å²) < 4.78 is 39.2. The van der Waals surface area contributed by atoms with Crippen LogP contribution in [0.5, 0.6) is 0 Å². The van der Waals surface area contributed by atoms with Crippen LogP contribution in [0.3, 0.4) is 0 Å². The lowest BCUT2D eigenvalue weighted by molar-refractivity contribution is -0.148. The molecule has 2 fully saturated rings. The molecule has 0 aromatic heterocycles. The summed E-state index contributed by atoms with van der Waals surface area (Å²) in [6.45, 7) is 0.361. The molecule has 0 spiro atoms. The van der Waals surface area contributed by atoms with Crippen molar-refractivity contribution in [1.82, 2.24) is 4.90 Å². The zero-order valence-electron chi connectivity index (χ0n) is 12.2. The summed E-state index contributed by atoms with van der Waals surface area (Å²) in [7, 11) is 0. The Bertz CT molecular complexity index is 644. The largest absolute Gasteiger partial charge is 0.480 e. The molecule has 4 nitrogen and oxygen atoms in total. The van der Waals surface area contributed by atoms with Crippen LogP contribution in [0.2, 0.25) is 0 Å². The third-order valence-electron chi connectivity index (χ3n) is 4.59. The maximum atomic E-state index is 13.1. The summed E-state index contributed by atoms with van der Waals surface area (Å²) in [5.41, 5.74) is -0.582. The summed E-state index contributed by atoms with van der Waals surface area (Å²) in [6, 6.07) is 4.43. The van der Waals surface area contributed by atoms with Crippen LogP contribution in [0.25, 0.3) is 0 Å². The molecule has 7 heteroatoms. The summed E-state index contributed by atoms with van der Waals surface area (Å²) in [6.07, 6.45) is -3.10. The molecule has 23 heavy (non-hydrogen) atoms. The molecule has 124 valence electrons. The smallest absolute Gasteiger partial charge is 0.416 e. The maximum absolute atomic E-state index is 13.1. The van der Waals surface area contributed by atoms with Gasteiger partial charge in [-0.1, -0.05) is 18.2 Å². The van der Waals surface area contributed by atoms with Gasteiger partial charge < -0.3 is 10.0 Å². The number of nitrogens with zero attached hydrogens (tertiary/aromatic N) is 1. The zero-order chi connectivity index (χ0) is 16.8. The first kappa shape index (κ1) is 15.8. The van der Waals surface area contributed by atoms with E-state index in [0.29, 0.717) is 25.8 Å². The molecule has 0 bridgehead atoms. The quantitative estimate of drug-likeness (QED) is 0.929. The lowest BCUT2D eigenvalue weighted by Gasteiger charge is -2.21. The first-order valence-corrected chi connectivity index (χ1v) is 7.50. The van der Waals surface area contributed by atoms with E-state index in [2.05, 4.69) is 0 Å². The van der Waals surface area contributed by atoms with Crippen LogP contribution in [-0.2, 0) is 15.8 Å². The van der Waals surface area contributed by atoms with E-state index in [9.17, 15) is 22.8 Å². The molecule has 1 aliphatic carbocycles. The fraction of sp³-hybridized carbons (Fsp3) is 0.500. The van der Waals surface area contributed by atoms with Crippen LogP contribution in [0.4, 0.5) is 13.2 Å². The van der Waals surface area contributed by atoms with Crippen LogP contribution >= 0.6 is 0 Å². The van der Waals surface area contributed by atoms with E-state index in [0.717, 1.165) is 6.07 Å². The van der Waals surface area contributed by atoms with Crippen molar-refractivity contribution in [2.45, 2.75) is 37.4 Å². The van der Waals surface area contributed by atoms with E-state index in [1.807, 2.05) is 0 Å². The van der Waals surface area contributed by atoms with Gasteiger partial charge in [0, 0.05) is 12.5 Å². The van der Waals surface area contributed by atoms with Crippen LogP contribution in [0.1, 0.15) is 36.3 Å². The minimum absolute atomic E-state index is 0.129. The average Bonchev–Trinajstić information content (AvgIpc) is 3.13. The van der Waals surface area contributed by atoms with Gasteiger partial charge in [-0.2, -0.15) is 13.2 Å². The van der Waals surface area contributed by atoms with Gasteiger partial charge in [-0.05, 0) is 36.8 Å². The molecule has 0 unspecified atom stereocenters. The first-order valence-electron chi connectivity index (χ1n) is 7.50. The van der Waals surface area contributed by atoms with Gasteiger partial charge in [-0.3, -0.25) is 4.79 Å². The lowest BCUT2D eigenvalue weighted by atomic mass is 10.0. The summed E-state index contributed by atoms with van der Waals surface area (Å²) in [5, 5.41) is 9.13. The van der Waals surface area contributed by atoms with Gasteiger partial charge in [-0.15, -0.1) is 0 Å². The number of likely N-dealkylation sites (tertiary alicyclic amines) is 1. The zero-order valence-corrected chi connectivity index (χ0v) is 12.2. The highest BCUT2D eigenvalue weighted by molar-refractivity contribution is 5.88. The van der Waals surface area contributed by atoms with Gasteiger partial charge in [0.2, 0.25) is 5.91 Å². The van der Waals surface area contributed by atoms with E-state index in [-0.39, 0.29) is 11.5 Å². The Balaban J connectivity index is 1.78.